The number of nitro benzene ring substituents is 1. The number of benzene rings is 1. The molecule has 0 bridgehead atoms. The molecule has 0 atom stereocenters. The highest BCUT2D eigenvalue weighted by Gasteiger charge is 2.26. The van der Waals surface area contributed by atoms with E-state index in [0.717, 1.165) is 6.07 Å². The fourth-order valence-electron chi connectivity index (χ4n) is 1.59. The van der Waals surface area contributed by atoms with E-state index >= 15 is 0 Å². The van der Waals surface area contributed by atoms with E-state index in [1.54, 1.807) is 0 Å². The Kier molecular flexibility index (Phi) is 2.84. The SMILES string of the molecule is O=C(O)c1c(F)c([N+](=O)[O-])cc2c(Cl)nccc12. The molecule has 0 unspecified atom stereocenters. The molecule has 18 heavy (non-hydrogen) atoms. The van der Waals surface area contributed by atoms with E-state index in [2.05, 4.69) is 4.98 Å². The number of nitro groups is 1. The molecule has 1 aromatic heterocycles. The van der Waals surface area contributed by atoms with Crippen molar-refractivity contribution in [3.05, 3.63) is 45.0 Å². The first-order valence-electron chi connectivity index (χ1n) is 4.58. The molecule has 6 nitrogen and oxygen atoms in total. The van der Waals surface area contributed by atoms with E-state index in [4.69, 9.17) is 16.7 Å². The minimum atomic E-state index is -1.61. The smallest absolute Gasteiger partial charge is 0.339 e. The molecule has 0 saturated carbocycles. The maximum atomic E-state index is 13.7. The van der Waals surface area contributed by atoms with Crippen LogP contribution in [0.3, 0.4) is 0 Å². The number of pyridine rings is 1. The monoisotopic (exact) mass is 270 g/mol. The van der Waals surface area contributed by atoms with Crippen LogP contribution in [-0.4, -0.2) is 21.0 Å². The Labute approximate surface area is 104 Å². The number of halogens is 2. The number of carboxylic acids is 1. The van der Waals surface area contributed by atoms with Gasteiger partial charge in [-0.2, -0.15) is 4.39 Å². The second-order valence-electron chi connectivity index (χ2n) is 3.34. The van der Waals surface area contributed by atoms with Gasteiger partial charge >= 0.3 is 11.7 Å². The van der Waals surface area contributed by atoms with Gasteiger partial charge in [-0.05, 0) is 6.07 Å². The molecule has 0 aliphatic rings. The minimum absolute atomic E-state index is 0.0182. The third kappa shape index (κ3) is 1.74. The Balaban J connectivity index is 3.02. The van der Waals surface area contributed by atoms with Crippen molar-refractivity contribution >= 4 is 34.0 Å². The molecule has 8 heteroatoms. The van der Waals surface area contributed by atoms with E-state index in [9.17, 15) is 19.3 Å². The van der Waals surface area contributed by atoms with E-state index in [1.807, 2.05) is 0 Å². The molecular formula is C10H4ClFN2O4. The van der Waals surface area contributed by atoms with Crippen LogP contribution in [0, 0.1) is 15.9 Å². The Hall–Kier alpha value is -2.28. The van der Waals surface area contributed by atoms with E-state index in [0.29, 0.717) is 0 Å². The van der Waals surface area contributed by atoms with Crippen LogP contribution in [0.4, 0.5) is 10.1 Å². The van der Waals surface area contributed by atoms with Crippen LogP contribution in [0.25, 0.3) is 10.8 Å². The summed E-state index contributed by atoms with van der Waals surface area (Å²) in [5, 5.41) is 19.5. The summed E-state index contributed by atoms with van der Waals surface area (Å²) in [5.41, 5.74) is -1.74. The van der Waals surface area contributed by atoms with Gasteiger partial charge in [-0.25, -0.2) is 9.78 Å². The maximum absolute atomic E-state index is 13.7. The lowest BCUT2D eigenvalue weighted by Crippen LogP contribution is -2.05. The van der Waals surface area contributed by atoms with Gasteiger partial charge in [0.05, 0.1) is 4.92 Å². The van der Waals surface area contributed by atoms with Crippen LogP contribution in [0.15, 0.2) is 18.3 Å². The lowest BCUT2D eigenvalue weighted by atomic mass is 10.0. The molecule has 2 rings (SSSR count). The predicted molar refractivity (Wildman–Crippen MR) is 60.3 cm³/mol. The van der Waals surface area contributed by atoms with E-state index in [1.165, 1.54) is 12.3 Å². The van der Waals surface area contributed by atoms with Crippen LogP contribution in [-0.2, 0) is 0 Å². The largest absolute Gasteiger partial charge is 0.478 e. The highest BCUT2D eigenvalue weighted by Crippen LogP contribution is 2.32. The molecule has 2 aromatic rings. The first-order chi connectivity index (χ1) is 8.43. The Morgan fingerprint density at radius 2 is 2.17 bits per heavy atom. The van der Waals surface area contributed by atoms with Gasteiger partial charge in [0.15, 0.2) is 0 Å². The molecule has 0 aliphatic heterocycles. The molecule has 1 N–H and O–H groups in total. The number of hydrogen-bond acceptors (Lipinski definition) is 4. The number of nitrogens with zero attached hydrogens (tertiary/aromatic N) is 2. The average molecular weight is 271 g/mol. The molecule has 0 amide bonds. The van der Waals surface area contributed by atoms with Crippen LogP contribution >= 0.6 is 11.6 Å². The number of hydrogen-bond donors (Lipinski definition) is 1. The Morgan fingerprint density at radius 3 is 2.72 bits per heavy atom. The van der Waals surface area contributed by atoms with Crippen LogP contribution in [0.1, 0.15) is 10.4 Å². The summed E-state index contributed by atoms with van der Waals surface area (Å²) in [5.74, 6) is -3.01. The number of aromatic carboxylic acids is 1. The van der Waals surface area contributed by atoms with Crippen molar-refractivity contribution < 1.29 is 19.2 Å². The third-order valence-corrected chi connectivity index (χ3v) is 2.65. The maximum Gasteiger partial charge on any atom is 0.339 e. The molecule has 0 saturated heterocycles. The molecule has 0 aliphatic carbocycles. The van der Waals surface area contributed by atoms with Crippen molar-refractivity contribution in [2.45, 2.75) is 0 Å². The Bertz CT molecular complexity index is 689. The fourth-order valence-corrected chi connectivity index (χ4v) is 1.80. The van der Waals surface area contributed by atoms with Crippen molar-refractivity contribution in [2.24, 2.45) is 0 Å². The lowest BCUT2D eigenvalue weighted by molar-refractivity contribution is -0.387. The van der Waals surface area contributed by atoms with Gasteiger partial charge in [0, 0.05) is 23.0 Å². The molecule has 1 aromatic carbocycles. The van der Waals surface area contributed by atoms with Crippen LogP contribution < -0.4 is 0 Å². The summed E-state index contributed by atoms with van der Waals surface area (Å²) in [4.78, 5) is 24.3. The molecule has 0 radical (unpaired) electrons. The lowest BCUT2D eigenvalue weighted by Gasteiger charge is -2.05. The standard InChI is InChI=1S/C10H4ClFN2O4/c11-9-5-3-6(14(17)18)8(12)7(10(15)16)4(5)1-2-13-9/h1-3H,(H,15,16). The average Bonchev–Trinajstić information content (AvgIpc) is 2.27. The van der Waals surface area contributed by atoms with E-state index in [-0.39, 0.29) is 15.9 Å². The zero-order valence-corrected chi connectivity index (χ0v) is 9.31. The quantitative estimate of drug-likeness (QED) is 0.514. The van der Waals surface area contributed by atoms with Gasteiger partial charge in [0.2, 0.25) is 5.82 Å². The van der Waals surface area contributed by atoms with E-state index < -0.39 is 28.0 Å². The van der Waals surface area contributed by atoms with Gasteiger partial charge in [0.25, 0.3) is 0 Å². The van der Waals surface area contributed by atoms with Gasteiger partial charge < -0.3 is 5.11 Å². The zero-order valence-electron chi connectivity index (χ0n) is 8.55. The summed E-state index contributed by atoms with van der Waals surface area (Å²) < 4.78 is 13.7. The summed E-state index contributed by atoms with van der Waals surface area (Å²) in [6, 6.07) is 2.10. The minimum Gasteiger partial charge on any atom is -0.478 e. The van der Waals surface area contributed by atoms with Crippen molar-refractivity contribution in [1.82, 2.24) is 4.98 Å². The fraction of sp³-hybridized carbons (Fsp3) is 0. The van der Waals surface area contributed by atoms with Crippen LogP contribution in [0.5, 0.6) is 0 Å². The number of fused-ring (bicyclic) bond motifs is 1. The van der Waals surface area contributed by atoms with Gasteiger partial charge in [-0.15, -0.1) is 0 Å². The first kappa shape index (κ1) is 12.2. The molecule has 92 valence electrons. The second-order valence-corrected chi connectivity index (χ2v) is 3.70. The Morgan fingerprint density at radius 1 is 1.50 bits per heavy atom. The summed E-state index contributed by atoms with van der Waals surface area (Å²) in [6.07, 6.45) is 1.20. The highest BCUT2D eigenvalue weighted by molar-refractivity contribution is 6.34. The molecular weight excluding hydrogens is 267 g/mol. The molecule has 1 heterocycles. The second kappa shape index (κ2) is 4.19. The zero-order chi connectivity index (χ0) is 13.4. The third-order valence-electron chi connectivity index (χ3n) is 2.35. The number of rotatable bonds is 2. The molecule has 0 fully saturated rings. The highest BCUT2D eigenvalue weighted by atomic mass is 35.5. The van der Waals surface area contributed by atoms with Crippen molar-refractivity contribution in [2.75, 3.05) is 0 Å². The summed E-state index contributed by atoms with van der Waals surface area (Å²) >= 11 is 5.71. The predicted octanol–water partition coefficient (Wildman–Crippen LogP) is 2.63. The van der Waals surface area contributed by atoms with Crippen LogP contribution in [0.2, 0.25) is 5.15 Å². The normalized spacial score (nSPS) is 10.6. The molecule has 0 spiro atoms. The summed E-state index contributed by atoms with van der Waals surface area (Å²) in [7, 11) is 0. The number of aromatic nitrogens is 1. The summed E-state index contributed by atoms with van der Waals surface area (Å²) in [6.45, 7) is 0. The number of carbonyl (C=O) groups is 1. The van der Waals surface area contributed by atoms with Gasteiger partial charge in [-0.3, -0.25) is 10.1 Å². The van der Waals surface area contributed by atoms with Crippen molar-refractivity contribution in [1.29, 1.82) is 0 Å². The van der Waals surface area contributed by atoms with Gasteiger partial charge in [-0.1, -0.05) is 11.6 Å². The number of carboxylic acid groups (broad SMARTS) is 1. The van der Waals surface area contributed by atoms with Crippen molar-refractivity contribution in [3.63, 3.8) is 0 Å². The topological polar surface area (TPSA) is 93.3 Å². The van der Waals surface area contributed by atoms with Gasteiger partial charge in [0.1, 0.15) is 10.7 Å². The van der Waals surface area contributed by atoms with Crippen molar-refractivity contribution in [3.8, 4) is 0 Å². The first-order valence-corrected chi connectivity index (χ1v) is 4.95.